The molecule has 0 saturated heterocycles. The molecular weight excluding hydrogens is 254 g/mol. The average Bonchev–Trinajstić information content (AvgIpc) is 2.77. The van der Waals surface area contributed by atoms with E-state index in [-0.39, 0.29) is 6.04 Å². The minimum atomic E-state index is -0.0498. The molecule has 1 aromatic carbocycles. The summed E-state index contributed by atoms with van der Waals surface area (Å²) in [5.74, 6) is 0.872. The Bertz CT molecular complexity index is 457. The fourth-order valence-corrected chi connectivity index (χ4v) is 2.76. The number of hydrogen-bond donors (Lipinski definition) is 1. The van der Waals surface area contributed by atoms with Crippen LogP contribution >= 0.6 is 22.9 Å². The van der Waals surface area contributed by atoms with Crippen molar-refractivity contribution < 1.29 is 4.74 Å². The van der Waals surface area contributed by atoms with Crippen molar-refractivity contribution in [1.82, 2.24) is 0 Å². The van der Waals surface area contributed by atoms with E-state index in [9.17, 15) is 0 Å². The lowest BCUT2D eigenvalue weighted by Crippen LogP contribution is -2.13. The number of thiophene rings is 1. The van der Waals surface area contributed by atoms with Crippen LogP contribution < -0.4 is 10.5 Å². The van der Waals surface area contributed by atoms with Crippen LogP contribution in [0.4, 0.5) is 0 Å². The first-order valence-electron chi connectivity index (χ1n) is 5.43. The van der Waals surface area contributed by atoms with Gasteiger partial charge in [0.1, 0.15) is 5.75 Å². The number of para-hydroxylation sites is 1. The van der Waals surface area contributed by atoms with Crippen molar-refractivity contribution in [3.63, 3.8) is 0 Å². The van der Waals surface area contributed by atoms with Gasteiger partial charge in [-0.3, -0.25) is 0 Å². The van der Waals surface area contributed by atoms with Gasteiger partial charge in [0, 0.05) is 17.3 Å². The van der Waals surface area contributed by atoms with Crippen molar-refractivity contribution in [2.45, 2.75) is 12.5 Å². The second-order valence-electron chi connectivity index (χ2n) is 3.69. The van der Waals surface area contributed by atoms with Crippen molar-refractivity contribution in [2.75, 3.05) is 6.61 Å². The summed E-state index contributed by atoms with van der Waals surface area (Å²) in [4.78, 5) is 1.03. The van der Waals surface area contributed by atoms with Crippen LogP contribution in [-0.2, 0) is 0 Å². The average molecular weight is 268 g/mol. The lowest BCUT2D eigenvalue weighted by atomic mass is 10.2. The summed E-state index contributed by atoms with van der Waals surface area (Å²) in [6.45, 7) is 0.597. The quantitative estimate of drug-likeness (QED) is 0.893. The van der Waals surface area contributed by atoms with E-state index in [1.54, 1.807) is 11.3 Å². The van der Waals surface area contributed by atoms with Crippen LogP contribution in [0, 0.1) is 0 Å². The van der Waals surface area contributed by atoms with Gasteiger partial charge in [-0.25, -0.2) is 0 Å². The smallest absolute Gasteiger partial charge is 0.119 e. The summed E-state index contributed by atoms with van der Waals surface area (Å²) in [7, 11) is 0. The molecule has 1 aromatic heterocycles. The molecule has 0 saturated carbocycles. The molecule has 1 heterocycles. The van der Waals surface area contributed by atoms with Crippen LogP contribution in [0.25, 0.3) is 0 Å². The van der Waals surface area contributed by atoms with Crippen LogP contribution in [-0.4, -0.2) is 6.61 Å². The van der Waals surface area contributed by atoms with Gasteiger partial charge in [-0.05, 0) is 23.6 Å². The van der Waals surface area contributed by atoms with Crippen LogP contribution in [0.3, 0.4) is 0 Å². The number of ether oxygens (including phenoxy) is 1. The third-order valence-electron chi connectivity index (χ3n) is 2.42. The fourth-order valence-electron chi connectivity index (χ4n) is 1.52. The molecule has 2 aromatic rings. The van der Waals surface area contributed by atoms with Gasteiger partial charge in [-0.15, -0.1) is 11.3 Å². The maximum absolute atomic E-state index is 6.05. The SMILES string of the molecule is NC(CCOc1ccccc1)c1sccc1Cl. The Hall–Kier alpha value is -1.03. The zero-order valence-electron chi connectivity index (χ0n) is 9.30. The van der Waals surface area contributed by atoms with Gasteiger partial charge in [-0.2, -0.15) is 0 Å². The first kappa shape index (κ1) is 12.4. The molecule has 0 bridgehead atoms. The zero-order valence-corrected chi connectivity index (χ0v) is 10.9. The van der Waals surface area contributed by atoms with Crippen LogP contribution in [0.5, 0.6) is 5.75 Å². The van der Waals surface area contributed by atoms with Crippen molar-refractivity contribution in [1.29, 1.82) is 0 Å². The van der Waals surface area contributed by atoms with Crippen molar-refractivity contribution >= 4 is 22.9 Å². The second-order valence-corrected chi connectivity index (χ2v) is 5.04. The number of rotatable bonds is 5. The van der Waals surface area contributed by atoms with Crippen LogP contribution in [0.15, 0.2) is 41.8 Å². The molecule has 0 aliphatic rings. The monoisotopic (exact) mass is 267 g/mol. The number of nitrogens with two attached hydrogens (primary N) is 1. The van der Waals surface area contributed by atoms with Gasteiger partial charge in [0.2, 0.25) is 0 Å². The Balaban J connectivity index is 1.81. The maximum atomic E-state index is 6.05. The molecule has 90 valence electrons. The van der Waals surface area contributed by atoms with Gasteiger partial charge in [0.05, 0.1) is 11.6 Å². The molecule has 1 unspecified atom stereocenters. The van der Waals surface area contributed by atoms with Crippen LogP contribution in [0.2, 0.25) is 5.02 Å². The molecule has 2 rings (SSSR count). The van der Waals surface area contributed by atoms with E-state index < -0.39 is 0 Å². The Kier molecular flexibility index (Phi) is 4.42. The summed E-state index contributed by atoms with van der Waals surface area (Å²) < 4.78 is 5.60. The molecule has 0 amide bonds. The Labute approximate surface area is 110 Å². The predicted octanol–water partition coefficient (Wildman–Crippen LogP) is 3.87. The summed E-state index contributed by atoms with van der Waals surface area (Å²) in [6, 6.07) is 11.6. The second kappa shape index (κ2) is 6.05. The zero-order chi connectivity index (χ0) is 12.1. The maximum Gasteiger partial charge on any atom is 0.119 e. The molecule has 0 radical (unpaired) electrons. The summed E-state index contributed by atoms with van der Waals surface area (Å²) in [6.07, 6.45) is 0.759. The first-order chi connectivity index (χ1) is 8.27. The molecule has 0 spiro atoms. The Morgan fingerprint density at radius 3 is 2.65 bits per heavy atom. The van der Waals surface area contributed by atoms with Gasteiger partial charge in [0.15, 0.2) is 0 Å². The summed E-state index contributed by atoms with van der Waals surface area (Å²) in [5, 5.41) is 2.71. The predicted molar refractivity (Wildman–Crippen MR) is 72.8 cm³/mol. The number of hydrogen-bond acceptors (Lipinski definition) is 3. The molecule has 4 heteroatoms. The Morgan fingerprint density at radius 2 is 2.00 bits per heavy atom. The summed E-state index contributed by atoms with van der Waals surface area (Å²) >= 11 is 7.61. The van der Waals surface area contributed by atoms with E-state index in [4.69, 9.17) is 22.1 Å². The van der Waals surface area contributed by atoms with Gasteiger partial charge >= 0.3 is 0 Å². The van der Waals surface area contributed by atoms with Crippen molar-refractivity contribution in [3.05, 3.63) is 51.7 Å². The molecule has 0 fully saturated rings. The van der Waals surface area contributed by atoms with E-state index in [0.717, 1.165) is 22.1 Å². The molecular formula is C13H14ClNOS. The fraction of sp³-hybridized carbons (Fsp3) is 0.231. The summed E-state index contributed by atoms with van der Waals surface area (Å²) in [5.41, 5.74) is 6.05. The minimum absolute atomic E-state index is 0.0498. The standard InChI is InChI=1S/C13H14ClNOS/c14-11-7-9-17-13(11)12(15)6-8-16-10-4-2-1-3-5-10/h1-5,7,9,12H,6,8,15H2. The van der Waals surface area contributed by atoms with E-state index >= 15 is 0 Å². The highest BCUT2D eigenvalue weighted by atomic mass is 35.5. The molecule has 2 N–H and O–H groups in total. The third kappa shape index (κ3) is 3.46. The molecule has 0 aliphatic carbocycles. The van der Waals surface area contributed by atoms with E-state index in [1.807, 2.05) is 41.8 Å². The van der Waals surface area contributed by atoms with E-state index in [2.05, 4.69) is 0 Å². The highest BCUT2D eigenvalue weighted by Crippen LogP contribution is 2.28. The highest BCUT2D eigenvalue weighted by Gasteiger charge is 2.11. The molecule has 0 aliphatic heterocycles. The number of halogens is 1. The highest BCUT2D eigenvalue weighted by molar-refractivity contribution is 7.10. The van der Waals surface area contributed by atoms with Crippen LogP contribution in [0.1, 0.15) is 17.3 Å². The van der Waals surface area contributed by atoms with E-state index in [0.29, 0.717) is 6.61 Å². The Morgan fingerprint density at radius 1 is 1.24 bits per heavy atom. The topological polar surface area (TPSA) is 35.2 Å². The normalized spacial score (nSPS) is 12.4. The first-order valence-corrected chi connectivity index (χ1v) is 6.69. The van der Waals surface area contributed by atoms with Crippen molar-refractivity contribution in [3.8, 4) is 5.75 Å². The molecule has 17 heavy (non-hydrogen) atoms. The minimum Gasteiger partial charge on any atom is -0.494 e. The molecule has 2 nitrogen and oxygen atoms in total. The third-order valence-corrected chi connectivity index (χ3v) is 3.91. The lowest BCUT2D eigenvalue weighted by Gasteiger charge is -2.11. The van der Waals surface area contributed by atoms with Gasteiger partial charge in [-0.1, -0.05) is 29.8 Å². The number of benzene rings is 1. The largest absolute Gasteiger partial charge is 0.494 e. The van der Waals surface area contributed by atoms with Gasteiger partial charge in [0.25, 0.3) is 0 Å². The molecule has 1 atom stereocenters. The van der Waals surface area contributed by atoms with E-state index in [1.165, 1.54) is 0 Å². The lowest BCUT2D eigenvalue weighted by molar-refractivity contribution is 0.299. The van der Waals surface area contributed by atoms with Gasteiger partial charge < -0.3 is 10.5 Å². The van der Waals surface area contributed by atoms with Crippen molar-refractivity contribution in [2.24, 2.45) is 5.73 Å².